The molecule has 0 fully saturated rings. The number of carbonyl (C=O) groups excluding carboxylic acids is 2. The van der Waals surface area contributed by atoms with Crippen LogP contribution in [0.25, 0.3) is 0 Å². The molecule has 0 atom stereocenters. The predicted molar refractivity (Wildman–Crippen MR) is 109 cm³/mol. The number of primary amides is 1. The highest BCUT2D eigenvalue weighted by Gasteiger charge is 2.27. The van der Waals surface area contributed by atoms with Crippen molar-refractivity contribution in [1.29, 1.82) is 0 Å². The monoisotopic (exact) mass is 433 g/mol. The summed E-state index contributed by atoms with van der Waals surface area (Å²) in [5.74, 6) is -0.921. The minimum absolute atomic E-state index is 0. The number of carbonyl (C=O) groups is 2. The zero-order valence-corrected chi connectivity index (χ0v) is 17.1. The van der Waals surface area contributed by atoms with Gasteiger partial charge in [-0.15, -0.1) is 23.7 Å². The average Bonchev–Trinajstić information content (AvgIpc) is 2.91. The van der Waals surface area contributed by atoms with Crippen molar-refractivity contribution in [2.45, 2.75) is 19.9 Å². The highest BCUT2D eigenvalue weighted by Crippen LogP contribution is 2.37. The second-order valence-corrected chi connectivity index (χ2v) is 7.72. The van der Waals surface area contributed by atoms with Gasteiger partial charge in [0.1, 0.15) is 5.00 Å². The lowest BCUT2D eigenvalue weighted by Gasteiger charge is -2.25. The normalized spacial score (nSPS) is 13.7. The molecule has 3 N–H and O–H groups in total. The number of anilines is 1. The number of thiophene rings is 1. The molecular formula is C17H18Cl3N3O2S. The third-order valence-corrected chi connectivity index (χ3v) is 5.91. The molecule has 9 heteroatoms. The Hall–Kier alpha value is -1.31. The van der Waals surface area contributed by atoms with Crippen molar-refractivity contribution >= 4 is 63.8 Å². The van der Waals surface area contributed by atoms with Gasteiger partial charge < -0.3 is 11.1 Å². The van der Waals surface area contributed by atoms with E-state index in [4.69, 9.17) is 28.9 Å². The van der Waals surface area contributed by atoms with Crippen LogP contribution in [0.15, 0.2) is 18.2 Å². The molecule has 26 heavy (non-hydrogen) atoms. The smallest absolute Gasteiger partial charge is 0.257 e. The van der Waals surface area contributed by atoms with Crippen LogP contribution in [-0.4, -0.2) is 29.8 Å². The summed E-state index contributed by atoms with van der Waals surface area (Å²) in [7, 11) is 0. The first-order chi connectivity index (χ1) is 11.9. The highest BCUT2D eigenvalue weighted by molar-refractivity contribution is 7.17. The van der Waals surface area contributed by atoms with Gasteiger partial charge in [0.25, 0.3) is 11.8 Å². The summed E-state index contributed by atoms with van der Waals surface area (Å²) in [5, 5.41) is 3.97. The lowest BCUT2D eigenvalue weighted by atomic mass is 10.0. The summed E-state index contributed by atoms with van der Waals surface area (Å²) in [5.41, 5.74) is 7.22. The van der Waals surface area contributed by atoms with Crippen LogP contribution in [0.5, 0.6) is 0 Å². The van der Waals surface area contributed by atoms with E-state index in [0.717, 1.165) is 36.5 Å². The number of nitrogens with zero attached hydrogens (tertiary/aromatic N) is 1. The third-order valence-electron chi connectivity index (χ3n) is 4.23. The van der Waals surface area contributed by atoms with Gasteiger partial charge in [0.2, 0.25) is 0 Å². The molecule has 2 aromatic rings. The molecule has 2 heterocycles. The molecule has 0 saturated carbocycles. The number of amides is 2. The standard InChI is InChI=1S/C17H17Cl2N3O2S.ClH/c1-2-22-6-5-11-13(8-22)25-17(14(11)15(20)23)21-16(24)10-4-3-9(18)7-12(10)19;/h3-4,7H,2,5-6,8H2,1H3,(H2,20,23)(H,21,24);1H. The van der Waals surface area contributed by atoms with Crippen LogP contribution in [0.2, 0.25) is 10.0 Å². The van der Waals surface area contributed by atoms with Gasteiger partial charge in [0.05, 0.1) is 16.1 Å². The average molecular weight is 435 g/mol. The molecule has 140 valence electrons. The van der Waals surface area contributed by atoms with Crippen molar-refractivity contribution in [2.24, 2.45) is 5.73 Å². The summed E-state index contributed by atoms with van der Waals surface area (Å²) in [6.07, 6.45) is 0.746. The van der Waals surface area contributed by atoms with E-state index in [-0.39, 0.29) is 17.4 Å². The minimum Gasteiger partial charge on any atom is -0.365 e. The van der Waals surface area contributed by atoms with Crippen molar-refractivity contribution in [3.05, 3.63) is 49.8 Å². The highest BCUT2D eigenvalue weighted by atomic mass is 35.5. The lowest BCUT2D eigenvalue weighted by Crippen LogP contribution is -2.30. The molecule has 5 nitrogen and oxygen atoms in total. The second-order valence-electron chi connectivity index (χ2n) is 5.77. The van der Waals surface area contributed by atoms with E-state index >= 15 is 0 Å². The van der Waals surface area contributed by atoms with Crippen molar-refractivity contribution in [3.8, 4) is 0 Å². The molecule has 0 saturated heterocycles. The molecule has 2 amide bonds. The zero-order valence-electron chi connectivity index (χ0n) is 14.0. The minimum atomic E-state index is -0.528. The number of nitrogens with one attached hydrogen (secondary N) is 1. The van der Waals surface area contributed by atoms with E-state index < -0.39 is 11.8 Å². The van der Waals surface area contributed by atoms with Gasteiger partial charge in [-0.05, 0) is 36.7 Å². The van der Waals surface area contributed by atoms with Gasteiger partial charge in [0, 0.05) is 23.0 Å². The number of fused-ring (bicyclic) bond motifs is 1. The van der Waals surface area contributed by atoms with Crippen LogP contribution in [0.4, 0.5) is 5.00 Å². The summed E-state index contributed by atoms with van der Waals surface area (Å²) < 4.78 is 0. The van der Waals surface area contributed by atoms with Gasteiger partial charge in [-0.3, -0.25) is 14.5 Å². The maximum Gasteiger partial charge on any atom is 0.257 e. The number of hydrogen-bond acceptors (Lipinski definition) is 4. The predicted octanol–water partition coefficient (Wildman–Crippen LogP) is 4.21. The number of nitrogens with two attached hydrogens (primary N) is 1. The van der Waals surface area contributed by atoms with E-state index in [1.165, 1.54) is 17.4 Å². The topological polar surface area (TPSA) is 75.4 Å². The number of rotatable bonds is 4. The second kappa shape index (κ2) is 8.59. The van der Waals surface area contributed by atoms with E-state index in [9.17, 15) is 9.59 Å². The first-order valence-corrected chi connectivity index (χ1v) is 9.41. The number of hydrogen-bond donors (Lipinski definition) is 2. The first kappa shape index (κ1) is 21.0. The fourth-order valence-electron chi connectivity index (χ4n) is 2.92. The molecule has 1 aromatic carbocycles. The summed E-state index contributed by atoms with van der Waals surface area (Å²) in [6, 6.07) is 4.65. The Balaban J connectivity index is 0.00000243. The van der Waals surface area contributed by atoms with Crippen molar-refractivity contribution in [3.63, 3.8) is 0 Å². The van der Waals surface area contributed by atoms with E-state index in [1.807, 2.05) is 0 Å². The SMILES string of the molecule is CCN1CCc2c(sc(NC(=O)c3ccc(Cl)cc3Cl)c2C(N)=O)C1.Cl. The van der Waals surface area contributed by atoms with Crippen molar-refractivity contribution in [2.75, 3.05) is 18.4 Å². The maximum atomic E-state index is 12.6. The van der Waals surface area contributed by atoms with Crippen molar-refractivity contribution in [1.82, 2.24) is 4.90 Å². The number of halogens is 3. The Bertz CT molecular complexity index is 854. The van der Waals surface area contributed by atoms with Crippen LogP contribution >= 0.6 is 46.9 Å². The molecule has 0 unspecified atom stereocenters. The van der Waals surface area contributed by atoms with Gasteiger partial charge in [-0.2, -0.15) is 0 Å². The van der Waals surface area contributed by atoms with Gasteiger partial charge in [0.15, 0.2) is 0 Å². The Morgan fingerprint density at radius 3 is 2.69 bits per heavy atom. The van der Waals surface area contributed by atoms with E-state index in [0.29, 0.717) is 21.2 Å². The molecule has 0 radical (unpaired) electrons. The fourth-order valence-corrected chi connectivity index (χ4v) is 4.70. The Labute approximate surface area is 171 Å². The zero-order chi connectivity index (χ0) is 18.1. The van der Waals surface area contributed by atoms with Crippen LogP contribution in [0.1, 0.15) is 38.1 Å². The summed E-state index contributed by atoms with van der Waals surface area (Å²) >= 11 is 13.4. The maximum absolute atomic E-state index is 12.6. The summed E-state index contributed by atoms with van der Waals surface area (Å²) in [6.45, 7) is 4.66. The largest absolute Gasteiger partial charge is 0.365 e. The Morgan fingerprint density at radius 2 is 2.08 bits per heavy atom. The fraction of sp³-hybridized carbons (Fsp3) is 0.294. The number of likely N-dealkylation sites (N-methyl/N-ethyl adjacent to an activating group) is 1. The first-order valence-electron chi connectivity index (χ1n) is 7.83. The van der Waals surface area contributed by atoms with Crippen LogP contribution in [-0.2, 0) is 13.0 Å². The molecule has 0 bridgehead atoms. The van der Waals surface area contributed by atoms with E-state index in [2.05, 4.69) is 17.1 Å². The van der Waals surface area contributed by atoms with Gasteiger partial charge in [-0.1, -0.05) is 30.1 Å². The molecule has 1 aliphatic rings. The van der Waals surface area contributed by atoms with Gasteiger partial charge >= 0.3 is 0 Å². The molecule has 1 aliphatic heterocycles. The summed E-state index contributed by atoms with van der Waals surface area (Å²) in [4.78, 5) is 27.9. The Morgan fingerprint density at radius 1 is 1.35 bits per heavy atom. The van der Waals surface area contributed by atoms with Gasteiger partial charge in [-0.25, -0.2) is 0 Å². The van der Waals surface area contributed by atoms with Crippen molar-refractivity contribution < 1.29 is 9.59 Å². The van der Waals surface area contributed by atoms with Crippen LogP contribution in [0, 0.1) is 0 Å². The molecule has 0 aliphatic carbocycles. The lowest BCUT2D eigenvalue weighted by molar-refractivity contribution is 0.1000. The molecule has 3 rings (SSSR count). The third kappa shape index (κ3) is 4.15. The number of benzene rings is 1. The van der Waals surface area contributed by atoms with E-state index in [1.54, 1.807) is 12.1 Å². The quantitative estimate of drug-likeness (QED) is 0.757. The Kier molecular flexibility index (Phi) is 6.93. The van der Waals surface area contributed by atoms with Crippen LogP contribution in [0.3, 0.4) is 0 Å². The molecular weight excluding hydrogens is 417 g/mol. The molecule has 0 spiro atoms. The molecule has 1 aromatic heterocycles. The van der Waals surface area contributed by atoms with Crippen LogP contribution < -0.4 is 11.1 Å².